The summed E-state index contributed by atoms with van der Waals surface area (Å²) in [5.41, 5.74) is 27.6. The number of nitrogens with zero attached hydrogens (tertiary/aromatic N) is 9. The van der Waals surface area contributed by atoms with Gasteiger partial charge in [0.25, 0.3) is 0 Å². The van der Waals surface area contributed by atoms with E-state index in [-0.39, 0.29) is 0 Å². The Kier molecular flexibility index (Phi) is 27.0. The molecule has 0 spiro atoms. The van der Waals surface area contributed by atoms with E-state index in [0.29, 0.717) is 23.7 Å². The molecule has 5 aromatic heterocycles. The lowest BCUT2D eigenvalue weighted by molar-refractivity contribution is 0.834. The Bertz CT molecular complexity index is 5770. The van der Waals surface area contributed by atoms with Gasteiger partial charge in [-0.2, -0.15) is 5.10 Å². The van der Waals surface area contributed by atoms with Crippen LogP contribution < -0.4 is 9.80 Å². The van der Waals surface area contributed by atoms with Crippen molar-refractivity contribution in [1.29, 1.82) is 0 Å². The number of benzene rings is 13. The first-order valence-electron chi connectivity index (χ1n) is 41.0. The normalized spacial score (nSPS) is 11.3. The fourth-order valence-corrected chi connectivity index (χ4v) is 15.0. The smallest absolute Gasteiger partial charge is 0.144 e. The van der Waals surface area contributed by atoms with Crippen LogP contribution in [0.25, 0.3) is 84.7 Å². The van der Waals surface area contributed by atoms with Crippen LogP contribution in [-0.2, 0) is 0 Å². The summed E-state index contributed by atoms with van der Waals surface area (Å²) >= 11 is 0. The first-order valence-corrected chi connectivity index (χ1v) is 41.0. The van der Waals surface area contributed by atoms with Gasteiger partial charge in [0.1, 0.15) is 12.5 Å². The Morgan fingerprint density at radius 1 is 0.246 bits per heavy atom. The summed E-state index contributed by atoms with van der Waals surface area (Å²) in [6, 6.07) is 139. The van der Waals surface area contributed by atoms with Crippen molar-refractivity contribution in [2.45, 2.75) is 79.1 Å². The van der Waals surface area contributed by atoms with E-state index in [9.17, 15) is 0 Å². The number of aromatic nitrogens is 7. The monoisotopic (exact) mass is 1540 g/mol. The Labute approximate surface area is 697 Å². The van der Waals surface area contributed by atoms with Gasteiger partial charge in [0.05, 0.1) is 34.1 Å². The summed E-state index contributed by atoms with van der Waals surface area (Å²) in [5, 5.41) is 4.57. The molecule has 9 heteroatoms. The minimum absolute atomic E-state index is 0.435. The molecule has 118 heavy (non-hydrogen) atoms. The lowest BCUT2D eigenvalue weighted by Crippen LogP contribution is -2.23. The van der Waals surface area contributed by atoms with Crippen molar-refractivity contribution in [3.05, 3.63) is 466 Å². The minimum Gasteiger partial charge on any atom is -0.324 e. The maximum Gasteiger partial charge on any atom is 0.144 e. The van der Waals surface area contributed by atoms with Crippen LogP contribution in [0, 0.1) is 0 Å². The van der Waals surface area contributed by atoms with E-state index in [0.717, 1.165) is 40.7 Å². The molecule has 0 atom stereocenters. The molecule has 0 saturated heterocycles. The van der Waals surface area contributed by atoms with Crippen LogP contribution in [0.4, 0.5) is 22.7 Å². The molecule has 1 aliphatic heterocycles. The number of anilines is 4. The molecule has 0 fully saturated rings. The third kappa shape index (κ3) is 19.7. The highest BCUT2D eigenvalue weighted by atomic mass is 15.4. The largest absolute Gasteiger partial charge is 0.324 e. The van der Waals surface area contributed by atoms with Gasteiger partial charge in [0, 0.05) is 99.8 Å². The van der Waals surface area contributed by atoms with E-state index in [2.05, 4.69) is 385 Å². The zero-order valence-corrected chi connectivity index (χ0v) is 68.7. The first kappa shape index (κ1) is 80.3. The van der Waals surface area contributed by atoms with Crippen molar-refractivity contribution in [1.82, 2.24) is 33.0 Å². The molecule has 9 nitrogen and oxygen atoms in total. The maximum absolute atomic E-state index is 4.57. The topological polar surface area (TPSA) is 56.9 Å². The van der Waals surface area contributed by atoms with Crippen molar-refractivity contribution in [2.75, 3.05) is 16.5 Å². The summed E-state index contributed by atoms with van der Waals surface area (Å²) in [6.07, 6.45) is 14.2. The highest BCUT2D eigenvalue weighted by Crippen LogP contribution is 2.45. The Balaban J connectivity index is 0.000000119. The zero-order valence-electron chi connectivity index (χ0n) is 68.7. The van der Waals surface area contributed by atoms with Gasteiger partial charge in [-0.1, -0.05) is 316 Å². The molecule has 19 rings (SSSR count). The maximum atomic E-state index is 4.57. The molecule has 0 amide bonds. The van der Waals surface area contributed by atoms with Gasteiger partial charge < -0.3 is 23.5 Å². The van der Waals surface area contributed by atoms with E-state index in [1.807, 2.05) is 157 Å². The lowest BCUT2D eigenvalue weighted by Gasteiger charge is -2.23. The Morgan fingerprint density at radius 3 is 1.01 bits per heavy atom. The Morgan fingerprint density at radius 2 is 0.593 bits per heavy atom. The molecular weight excluding hydrogens is 1440 g/mol. The predicted octanol–water partition coefficient (Wildman–Crippen LogP) is 28.9. The van der Waals surface area contributed by atoms with Crippen LogP contribution in [0.15, 0.2) is 444 Å². The molecule has 0 aliphatic carbocycles. The molecule has 6 heterocycles. The summed E-state index contributed by atoms with van der Waals surface area (Å²) < 4.78 is 10.7. The van der Waals surface area contributed by atoms with Crippen molar-refractivity contribution in [3.8, 4) is 84.7 Å². The number of hydrogen-bond donors (Lipinski definition) is 0. The van der Waals surface area contributed by atoms with Gasteiger partial charge in [-0.3, -0.25) is 4.57 Å². The second kappa shape index (κ2) is 39.7. The number of para-hydroxylation sites is 9. The van der Waals surface area contributed by atoms with Crippen molar-refractivity contribution < 1.29 is 0 Å². The molecule has 0 radical (unpaired) electrons. The Hall–Kier alpha value is -14.3. The van der Waals surface area contributed by atoms with Gasteiger partial charge in [0.15, 0.2) is 0 Å². The van der Waals surface area contributed by atoms with Crippen LogP contribution in [0.5, 0.6) is 0 Å². The van der Waals surface area contributed by atoms with Gasteiger partial charge in [-0.15, -0.1) is 0 Å². The van der Waals surface area contributed by atoms with Crippen molar-refractivity contribution >= 4 is 22.7 Å². The predicted molar refractivity (Wildman–Crippen MR) is 496 cm³/mol. The molecular formula is C109H103N9. The minimum atomic E-state index is 0.435. The molecule has 13 aromatic carbocycles. The molecule has 0 bridgehead atoms. The van der Waals surface area contributed by atoms with Crippen LogP contribution in [-0.4, -0.2) is 39.7 Å². The SMILES string of the molecule is CC(C)c1cc(-c2ccccc2)cc(C(C)C)c1-c1cccn1-c1ccccc1.CC(C)c1cccc(C(C)C)c1-c1cccn1-c1ccccc1.c1ccc(-c2ccn(-c3ccccc3)n2)cc1.c1ccc(-c2nccn2-c2ccccc2)cc1.c1ccc(-n2cccc2)cc1.c1ccc(N2CN(c3ccccc3)c3ccccc32)cc1. The summed E-state index contributed by atoms with van der Waals surface area (Å²) in [4.78, 5) is 9.12. The average Bonchev–Trinajstić information content (AvgIpc) is 1.09. The van der Waals surface area contributed by atoms with E-state index in [4.69, 9.17) is 0 Å². The van der Waals surface area contributed by atoms with E-state index < -0.39 is 0 Å². The van der Waals surface area contributed by atoms with E-state index >= 15 is 0 Å². The molecule has 0 N–H and O–H groups in total. The van der Waals surface area contributed by atoms with Gasteiger partial charge >= 0.3 is 0 Å². The van der Waals surface area contributed by atoms with Crippen molar-refractivity contribution in [3.63, 3.8) is 0 Å². The van der Waals surface area contributed by atoms with Crippen LogP contribution in [0.1, 0.15) is 101 Å². The van der Waals surface area contributed by atoms with Gasteiger partial charge in [-0.25, -0.2) is 9.67 Å². The summed E-state index contributed by atoms with van der Waals surface area (Å²) in [6.45, 7) is 19.1. The molecule has 584 valence electrons. The molecule has 0 saturated carbocycles. The molecule has 18 aromatic rings. The third-order valence-corrected chi connectivity index (χ3v) is 20.9. The third-order valence-electron chi connectivity index (χ3n) is 20.9. The highest BCUT2D eigenvalue weighted by molar-refractivity contribution is 5.87. The average molecular weight is 1540 g/mol. The van der Waals surface area contributed by atoms with Crippen LogP contribution in [0.3, 0.4) is 0 Å². The van der Waals surface area contributed by atoms with E-state index in [1.165, 1.54) is 95.7 Å². The highest BCUT2D eigenvalue weighted by Gasteiger charge is 2.28. The lowest BCUT2D eigenvalue weighted by atomic mass is 9.84. The number of fused-ring (bicyclic) bond motifs is 1. The second-order valence-corrected chi connectivity index (χ2v) is 30.3. The van der Waals surface area contributed by atoms with E-state index in [1.54, 1.807) is 0 Å². The zero-order chi connectivity index (χ0) is 81.4. The first-order chi connectivity index (χ1) is 57.9. The summed E-state index contributed by atoms with van der Waals surface area (Å²) in [5.74, 6) is 2.85. The number of imidazole rings is 1. The van der Waals surface area contributed by atoms with Gasteiger partial charge in [0.2, 0.25) is 0 Å². The molecule has 0 unspecified atom stereocenters. The number of rotatable bonds is 16. The van der Waals surface area contributed by atoms with Crippen LogP contribution in [0.2, 0.25) is 0 Å². The summed E-state index contributed by atoms with van der Waals surface area (Å²) in [7, 11) is 0. The second-order valence-electron chi connectivity index (χ2n) is 30.3. The fourth-order valence-electron chi connectivity index (χ4n) is 15.0. The molecule has 1 aliphatic rings. The van der Waals surface area contributed by atoms with Crippen LogP contribution >= 0.6 is 0 Å². The van der Waals surface area contributed by atoms with Crippen molar-refractivity contribution in [2.24, 2.45) is 0 Å². The standard InChI is InChI=1S/C28H29N.C22H25N.C19H16N2.2C15H12N2.C10H9N/c1-20(2)25-18-23(22-12-7-5-8-13-22)19-26(21(3)4)28(25)27-16-11-17-29(27)24-14-9-6-10-15-24;1-16(2)19-12-8-13-20(17(3)4)22(19)21-14-9-15-23(21)18-10-6-5-7-11-18;1-3-9-16(10-4-1)20-15-21(17-11-5-2-6-12-17)19-14-8-7-13-18(19)20;1-3-7-13(8-4-1)15-16-11-12-17(15)14-9-5-2-6-10-14;1-3-7-13(8-4-1)15-11-12-17(16-15)14-9-5-2-6-10-14;1-2-6-10(7-3-1)11-8-4-5-9-11/h5-21H,1-4H3;5-17H,1-4H3;1-14H,15H2;2*1-12H;1-9H. The number of hydrogen-bond acceptors (Lipinski definition) is 4. The van der Waals surface area contributed by atoms with Gasteiger partial charge in [-0.05, 0) is 197 Å². The fraction of sp³-hybridized carbons (Fsp3) is 0.119. The quantitative estimate of drug-likeness (QED) is 0.0967.